The molecule has 2 fully saturated rings. The number of anilines is 2. The molecule has 2 aliphatic heterocycles. The van der Waals surface area contributed by atoms with Crippen molar-refractivity contribution in [3.05, 3.63) is 82.5 Å². The largest absolute Gasteiger partial charge is 0.416 e. The number of nitrogens with zero attached hydrogens (tertiary/aromatic N) is 3. The van der Waals surface area contributed by atoms with E-state index in [0.717, 1.165) is 50.2 Å². The van der Waals surface area contributed by atoms with Crippen molar-refractivity contribution in [1.82, 2.24) is 19.9 Å². The molecule has 3 aromatic rings. The molecule has 5 rings (SSSR count). The summed E-state index contributed by atoms with van der Waals surface area (Å²) in [5.41, 5.74) is 1.03. The average Bonchev–Trinajstić information content (AvgIpc) is 3.01. The number of sulfonamides is 1. The van der Waals surface area contributed by atoms with E-state index in [-0.39, 0.29) is 48.0 Å². The number of halogens is 4. The summed E-state index contributed by atoms with van der Waals surface area (Å²) >= 11 is 5.81. The van der Waals surface area contributed by atoms with Crippen LogP contribution in [0.15, 0.2) is 65.6 Å². The SMILES string of the molecule is O=C(Nc1ccc(S(=O)(=O)N2CCN(c3cc(C(F)(F)F)cc(Cl)n3)CC2)cc1)c1cccc(CNCC2CCNCC2)c1. The number of alkyl halides is 3. The molecule has 2 saturated heterocycles. The molecule has 3 N–H and O–H groups in total. The highest BCUT2D eigenvalue weighted by Crippen LogP contribution is 2.33. The summed E-state index contributed by atoms with van der Waals surface area (Å²) in [7, 11) is -3.87. The smallest absolute Gasteiger partial charge is 0.354 e. The molecule has 2 aromatic carbocycles. The fourth-order valence-electron chi connectivity index (χ4n) is 5.36. The fraction of sp³-hybridized carbons (Fsp3) is 0.400. The first kappa shape index (κ1) is 32.2. The highest BCUT2D eigenvalue weighted by atomic mass is 35.5. The number of nitrogens with one attached hydrogen (secondary N) is 3. The van der Waals surface area contributed by atoms with Crippen LogP contribution in [0.2, 0.25) is 5.15 Å². The van der Waals surface area contributed by atoms with Crippen LogP contribution < -0.4 is 20.9 Å². The van der Waals surface area contributed by atoms with Gasteiger partial charge >= 0.3 is 6.18 Å². The lowest BCUT2D eigenvalue weighted by atomic mass is 9.98. The van der Waals surface area contributed by atoms with E-state index in [2.05, 4.69) is 20.9 Å². The monoisotopic (exact) mass is 650 g/mol. The summed E-state index contributed by atoms with van der Waals surface area (Å²) in [6.07, 6.45) is -2.27. The first-order valence-electron chi connectivity index (χ1n) is 14.4. The molecule has 0 saturated carbocycles. The lowest BCUT2D eigenvalue weighted by Gasteiger charge is -2.35. The zero-order valence-corrected chi connectivity index (χ0v) is 25.5. The highest BCUT2D eigenvalue weighted by Gasteiger charge is 2.33. The van der Waals surface area contributed by atoms with Gasteiger partial charge in [-0.15, -0.1) is 0 Å². The summed E-state index contributed by atoms with van der Waals surface area (Å²) in [4.78, 5) is 18.5. The van der Waals surface area contributed by atoms with Crippen molar-refractivity contribution in [2.45, 2.75) is 30.5 Å². The maximum Gasteiger partial charge on any atom is 0.416 e. The van der Waals surface area contributed by atoms with E-state index < -0.39 is 21.8 Å². The van der Waals surface area contributed by atoms with E-state index in [0.29, 0.717) is 23.7 Å². The zero-order chi connectivity index (χ0) is 31.3. The minimum Gasteiger partial charge on any atom is -0.354 e. The number of pyridine rings is 1. The van der Waals surface area contributed by atoms with Crippen LogP contribution in [0.4, 0.5) is 24.7 Å². The average molecular weight is 651 g/mol. The molecule has 0 bridgehead atoms. The van der Waals surface area contributed by atoms with E-state index in [9.17, 15) is 26.4 Å². The van der Waals surface area contributed by atoms with E-state index in [1.165, 1.54) is 28.6 Å². The van der Waals surface area contributed by atoms with Gasteiger partial charge in [0, 0.05) is 44.0 Å². The normalized spacial score (nSPS) is 17.0. The molecule has 44 heavy (non-hydrogen) atoms. The van der Waals surface area contributed by atoms with E-state index in [1.54, 1.807) is 11.0 Å². The maximum absolute atomic E-state index is 13.3. The third-order valence-electron chi connectivity index (χ3n) is 7.83. The maximum atomic E-state index is 13.3. The first-order valence-corrected chi connectivity index (χ1v) is 16.2. The second-order valence-electron chi connectivity index (χ2n) is 10.9. The van der Waals surface area contributed by atoms with E-state index in [4.69, 9.17) is 11.6 Å². The third kappa shape index (κ3) is 8.07. The van der Waals surface area contributed by atoms with Gasteiger partial charge in [-0.05, 0) is 92.5 Å². The number of aromatic nitrogens is 1. The van der Waals surface area contributed by atoms with Crippen LogP contribution in [0.3, 0.4) is 0 Å². The van der Waals surface area contributed by atoms with Crippen LogP contribution >= 0.6 is 11.6 Å². The van der Waals surface area contributed by atoms with Crippen LogP contribution in [-0.4, -0.2) is 69.4 Å². The lowest BCUT2D eigenvalue weighted by Crippen LogP contribution is -2.49. The number of amides is 1. The van der Waals surface area contributed by atoms with Gasteiger partial charge in [0.15, 0.2) is 0 Å². The van der Waals surface area contributed by atoms with Crippen molar-refractivity contribution in [2.75, 3.05) is 56.0 Å². The molecule has 1 aromatic heterocycles. The van der Waals surface area contributed by atoms with Crippen molar-refractivity contribution in [3.63, 3.8) is 0 Å². The Bertz CT molecular complexity index is 1560. The summed E-state index contributed by atoms with van der Waals surface area (Å²) in [6.45, 7) is 4.09. The van der Waals surface area contributed by atoms with Gasteiger partial charge in [-0.3, -0.25) is 4.79 Å². The molecule has 3 heterocycles. The van der Waals surface area contributed by atoms with E-state index in [1.807, 2.05) is 18.2 Å². The Labute approximate surface area is 259 Å². The van der Waals surface area contributed by atoms with Gasteiger partial charge in [-0.2, -0.15) is 17.5 Å². The minimum absolute atomic E-state index is 0.0426. The predicted octanol–water partition coefficient (Wildman–Crippen LogP) is 4.61. The Morgan fingerprint density at radius 3 is 2.39 bits per heavy atom. The van der Waals surface area contributed by atoms with Gasteiger partial charge < -0.3 is 20.9 Å². The number of piperazine rings is 1. The predicted molar refractivity (Wildman–Crippen MR) is 163 cm³/mol. The molecule has 0 atom stereocenters. The van der Waals surface area contributed by atoms with Crippen molar-refractivity contribution in [1.29, 1.82) is 0 Å². The Balaban J connectivity index is 1.15. The molecule has 9 nitrogen and oxygen atoms in total. The van der Waals surface area contributed by atoms with Crippen molar-refractivity contribution in [2.24, 2.45) is 5.92 Å². The third-order valence-corrected chi connectivity index (χ3v) is 9.94. The molecule has 0 radical (unpaired) electrons. The number of hydrogen-bond donors (Lipinski definition) is 3. The van der Waals surface area contributed by atoms with Crippen LogP contribution in [0.25, 0.3) is 0 Å². The molecule has 14 heteroatoms. The molecular weight excluding hydrogens is 617 g/mol. The van der Waals surface area contributed by atoms with Crippen LogP contribution in [0.5, 0.6) is 0 Å². The number of hydrogen-bond acceptors (Lipinski definition) is 7. The van der Waals surface area contributed by atoms with Crippen molar-refractivity contribution in [3.8, 4) is 0 Å². The lowest BCUT2D eigenvalue weighted by molar-refractivity contribution is -0.137. The quantitative estimate of drug-likeness (QED) is 0.291. The molecule has 0 spiro atoms. The first-order chi connectivity index (χ1) is 21.0. The molecule has 0 aliphatic carbocycles. The molecule has 2 aliphatic rings. The summed E-state index contributed by atoms with van der Waals surface area (Å²) in [6, 6.07) is 14.9. The standard InChI is InChI=1S/C30H34ClF3N6O3S/c31-27-17-24(30(32,33)34)18-28(38-27)39-12-14-40(15-13-39)44(42,43)26-6-4-25(5-7-26)37-29(41)23-3-1-2-22(16-23)20-36-19-21-8-10-35-11-9-21/h1-7,16-18,21,35-36H,8-15,19-20H2,(H,37,41). The number of piperidine rings is 1. The fourth-order valence-corrected chi connectivity index (χ4v) is 6.98. The Hall–Kier alpha value is -3.23. The molecule has 0 unspecified atom stereocenters. The number of carbonyl (C=O) groups excluding carboxylic acids is 1. The second kappa shape index (κ2) is 13.8. The van der Waals surface area contributed by atoms with Gasteiger partial charge in [0.2, 0.25) is 10.0 Å². The molecule has 1 amide bonds. The zero-order valence-electron chi connectivity index (χ0n) is 23.9. The van der Waals surface area contributed by atoms with Crippen LogP contribution in [-0.2, 0) is 22.7 Å². The highest BCUT2D eigenvalue weighted by molar-refractivity contribution is 7.89. The summed E-state index contributed by atoms with van der Waals surface area (Å²) in [5.74, 6) is 0.390. The minimum atomic E-state index is -4.58. The number of carbonyl (C=O) groups is 1. The van der Waals surface area contributed by atoms with Crippen molar-refractivity contribution >= 4 is 39.0 Å². The Morgan fingerprint density at radius 2 is 1.70 bits per heavy atom. The van der Waals surface area contributed by atoms with Gasteiger partial charge in [0.1, 0.15) is 11.0 Å². The van der Waals surface area contributed by atoms with Gasteiger partial charge in [0.25, 0.3) is 5.91 Å². The topological polar surface area (TPSA) is 107 Å². The number of rotatable bonds is 9. The Kier molecular flexibility index (Phi) is 10.1. The number of benzene rings is 2. The Morgan fingerprint density at radius 1 is 1.00 bits per heavy atom. The van der Waals surface area contributed by atoms with Gasteiger partial charge in [0.05, 0.1) is 10.5 Å². The van der Waals surface area contributed by atoms with Crippen molar-refractivity contribution < 1.29 is 26.4 Å². The summed E-state index contributed by atoms with van der Waals surface area (Å²) in [5, 5.41) is 9.37. The second-order valence-corrected chi connectivity index (χ2v) is 13.3. The van der Waals surface area contributed by atoms with Crippen LogP contribution in [0, 0.1) is 5.92 Å². The van der Waals surface area contributed by atoms with Gasteiger partial charge in [-0.25, -0.2) is 13.4 Å². The molecular formula is C30H34ClF3N6O3S. The summed E-state index contributed by atoms with van der Waals surface area (Å²) < 4.78 is 67.4. The van der Waals surface area contributed by atoms with Gasteiger partial charge in [-0.1, -0.05) is 23.7 Å². The van der Waals surface area contributed by atoms with Crippen LogP contribution in [0.1, 0.15) is 34.3 Å². The van der Waals surface area contributed by atoms with E-state index >= 15 is 0 Å². The molecule has 236 valence electrons.